The van der Waals surface area contributed by atoms with Crippen LogP contribution in [0.1, 0.15) is 39.4 Å². The maximum absolute atomic E-state index is 10.3. The zero-order chi connectivity index (χ0) is 27.6. The van der Waals surface area contributed by atoms with Crippen LogP contribution in [0.5, 0.6) is 17.2 Å². The number of hydrogen-bond donors (Lipinski definition) is 1. The fraction of sp³-hybridized carbons (Fsp3) is 0.344. The summed E-state index contributed by atoms with van der Waals surface area (Å²) in [6.07, 6.45) is 4.62. The van der Waals surface area contributed by atoms with Gasteiger partial charge >= 0.3 is 0 Å². The number of halogens is 3. The van der Waals surface area contributed by atoms with E-state index in [1.807, 2.05) is 72.8 Å². The Morgan fingerprint density at radius 1 is 0.854 bits per heavy atom. The maximum atomic E-state index is 10.3. The van der Waals surface area contributed by atoms with Crippen LogP contribution < -0.4 is 9.47 Å². The van der Waals surface area contributed by atoms with Crippen molar-refractivity contribution in [3.8, 4) is 34.2 Å². The zero-order valence-corrected chi connectivity index (χ0v) is 26.2. The minimum Gasteiger partial charge on any atom is -0.491 e. The Balaban J connectivity index is 0.00000294. The molecule has 0 saturated heterocycles. The van der Waals surface area contributed by atoms with Gasteiger partial charge in [-0.05, 0) is 92.3 Å². The third-order valence-electron chi connectivity index (χ3n) is 6.65. The second-order valence-electron chi connectivity index (χ2n) is 9.54. The minimum atomic E-state index is -0.524. The first-order valence-corrected chi connectivity index (χ1v) is 14.1. The second-order valence-corrected chi connectivity index (χ2v) is 9.98. The van der Waals surface area contributed by atoms with Crippen molar-refractivity contribution in [1.82, 2.24) is 14.5 Å². The third-order valence-corrected chi connectivity index (χ3v) is 6.90. The number of ether oxygens (including phenoxy) is 2. The summed E-state index contributed by atoms with van der Waals surface area (Å²) in [6, 6.07) is 23.3. The molecule has 4 aromatic rings. The first kappa shape index (κ1) is 34.5. The molecule has 0 aliphatic heterocycles. The summed E-state index contributed by atoms with van der Waals surface area (Å²) in [5.74, 6) is 3.26. The van der Waals surface area contributed by atoms with E-state index in [1.165, 1.54) is 0 Å². The topological polar surface area (TPSA) is 59.8 Å². The molecule has 4 rings (SSSR count). The number of imidazole rings is 1. The SMILES string of the molecule is CCCCc1nc(-c2ccc(OC[C@H](O)CN(CC)CC)cc2)cn1-c1ccc(Oc2ccc(Cl)cc2)cc1.Cl.Cl. The van der Waals surface area contributed by atoms with Gasteiger partial charge in [0.05, 0.1) is 5.69 Å². The van der Waals surface area contributed by atoms with Gasteiger partial charge in [-0.25, -0.2) is 4.98 Å². The van der Waals surface area contributed by atoms with Crippen molar-refractivity contribution in [3.05, 3.63) is 89.8 Å². The van der Waals surface area contributed by atoms with E-state index in [4.69, 9.17) is 26.1 Å². The number of aliphatic hydroxyl groups excluding tert-OH is 1. The number of likely N-dealkylation sites (N-methyl/N-ethyl adjacent to an activating group) is 1. The molecule has 222 valence electrons. The fourth-order valence-electron chi connectivity index (χ4n) is 4.35. The van der Waals surface area contributed by atoms with Gasteiger partial charge in [-0.15, -0.1) is 24.8 Å². The first-order valence-electron chi connectivity index (χ1n) is 13.7. The lowest BCUT2D eigenvalue weighted by atomic mass is 10.1. The number of aromatic nitrogens is 2. The Hall–Kier alpha value is -2.74. The van der Waals surface area contributed by atoms with Gasteiger partial charge < -0.3 is 24.0 Å². The number of benzene rings is 3. The number of hydrogen-bond acceptors (Lipinski definition) is 5. The van der Waals surface area contributed by atoms with Gasteiger partial charge in [0.1, 0.15) is 35.8 Å². The average molecular weight is 621 g/mol. The van der Waals surface area contributed by atoms with E-state index in [1.54, 1.807) is 0 Å². The highest BCUT2D eigenvalue weighted by molar-refractivity contribution is 6.30. The van der Waals surface area contributed by atoms with Crippen LogP contribution in [0.3, 0.4) is 0 Å². The van der Waals surface area contributed by atoms with Crippen molar-refractivity contribution < 1.29 is 14.6 Å². The highest BCUT2D eigenvalue weighted by atomic mass is 35.5. The Morgan fingerprint density at radius 3 is 2.02 bits per heavy atom. The monoisotopic (exact) mass is 619 g/mol. The van der Waals surface area contributed by atoms with E-state index < -0.39 is 6.10 Å². The number of unbranched alkanes of at least 4 members (excludes halogenated alkanes) is 1. The van der Waals surface area contributed by atoms with E-state index in [0.29, 0.717) is 11.6 Å². The van der Waals surface area contributed by atoms with Gasteiger partial charge in [0.25, 0.3) is 0 Å². The van der Waals surface area contributed by atoms with E-state index >= 15 is 0 Å². The predicted molar refractivity (Wildman–Crippen MR) is 173 cm³/mol. The lowest BCUT2D eigenvalue weighted by molar-refractivity contribution is 0.0716. The lowest BCUT2D eigenvalue weighted by Gasteiger charge is -2.21. The van der Waals surface area contributed by atoms with E-state index in [2.05, 4.69) is 36.4 Å². The quantitative estimate of drug-likeness (QED) is 0.154. The molecule has 0 saturated carbocycles. The van der Waals surface area contributed by atoms with Crippen LogP contribution in [0.2, 0.25) is 5.02 Å². The molecule has 6 nitrogen and oxygen atoms in total. The van der Waals surface area contributed by atoms with Crippen LogP contribution in [0.25, 0.3) is 16.9 Å². The van der Waals surface area contributed by atoms with Crippen molar-refractivity contribution in [3.63, 3.8) is 0 Å². The Labute approximate surface area is 261 Å². The molecule has 0 bridgehead atoms. The molecule has 1 N–H and O–H groups in total. The molecule has 0 radical (unpaired) electrons. The summed E-state index contributed by atoms with van der Waals surface area (Å²) >= 11 is 5.98. The summed E-state index contributed by atoms with van der Waals surface area (Å²) in [5, 5.41) is 11.0. The highest BCUT2D eigenvalue weighted by Gasteiger charge is 2.13. The normalized spacial score (nSPS) is 11.5. The molecule has 0 aliphatic carbocycles. The molecule has 41 heavy (non-hydrogen) atoms. The summed E-state index contributed by atoms with van der Waals surface area (Å²) in [5.41, 5.74) is 2.96. The van der Waals surface area contributed by atoms with Gasteiger partial charge in [0.2, 0.25) is 0 Å². The van der Waals surface area contributed by atoms with Crippen molar-refractivity contribution >= 4 is 36.4 Å². The molecular weight excluding hydrogens is 581 g/mol. The number of nitrogens with zero attached hydrogens (tertiary/aromatic N) is 3. The Morgan fingerprint density at radius 2 is 1.44 bits per heavy atom. The van der Waals surface area contributed by atoms with Crippen LogP contribution in [0, 0.1) is 0 Å². The van der Waals surface area contributed by atoms with Gasteiger partial charge in [-0.3, -0.25) is 0 Å². The van der Waals surface area contributed by atoms with Crippen LogP contribution in [0.4, 0.5) is 0 Å². The number of aryl methyl sites for hydroxylation is 1. The summed E-state index contributed by atoms with van der Waals surface area (Å²) in [6.45, 7) is 9.08. The summed E-state index contributed by atoms with van der Waals surface area (Å²) < 4.78 is 14.0. The molecule has 0 spiro atoms. The molecule has 0 unspecified atom stereocenters. The van der Waals surface area contributed by atoms with Gasteiger partial charge in [-0.1, -0.05) is 38.8 Å². The van der Waals surface area contributed by atoms with Crippen LogP contribution >= 0.6 is 36.4 Å². The van der Waals surface area contributed by atoms with Crippen molar-refractivity contribution in [2.45, 2.75) is 46.1 Å². The maximum Gasteiger partial charge on any atom is 0.127 e. The molecule has 1 atom stereocenters. The molecule has 1 aromatic heterocycles. The van der Waals surface area contributed by atoms with Crippen molar-refractivity contribution in [2.75, 3.05) is 26.2 Å². The van der Waals surface area contributed by atoms with Crippen LogP contribution in [-0.2, 0) is 6.42 Å². The van der Waals surface area contributed by atoms with E-state index in [9.17, 15) is 5.11 Å². The summed E-state index contributed by atoms with van der Waals surface area (Å²) in [7, 11) is 0. The highest BCUT2D eigenvalue weighted by Crippen LogP contribution is 2.27. The second kappa shape index (κ2) is 17.3. The largest absolute Gasteiger partial charge is 0.491 e. The first-order chi connectivity index (χ1) is 19.0. The van der Waals surface area contributed by atoms with Crippen molar-refractivity contribution in [2.24, 2.45) is 0 Å². The van der Waals surface area contributed by atoms with E-state index in [0.717, 1.165) is 72.4 Å². The molecule has 3 aromatic carbocycles. The average Bonchev–Trinajstić information content (AvgIpc) is 3.39. The molecule has 9 heteroatoms. The van der Waals surface area contributed by atoms with Gasteiger partial charge in [-0.2, -0.15) is 0 Å². The molecule has 0 fully saturated rings. The standard InChI is InChI=1S/C32H38ClN3O3.2ClH/c1-4-7-8-32-34-31(24-9-15-28(16-10-24)38-23-27(37)21-35(5-2)6-3)22-36(32)26-13-19-30(20-14-26)39-29-17-11-25(33)12-18-29;;/h9-20,22,27,37H,4-8,21,23H2,1-3H3;2*1H/t27-;;/m1../s1. The number of rotatable bonds is 14. The Bertz CT molecular complexity index is 1290. The molecule has 0 aliphatic rings. The molecule has 0 amide bonds. The number of aliphatic hydroxyl groups is 1. The fourth-order valence-corrected chi connectivity index (χ4v) is 4.48. The third kappa shape index (κ3) is 9.94. The zero-order valence-electron chi connectivity index (χ0n) is 23.8. The predicted octanol–water partition coefficient (Wildman–Crippen LogP) is 8.25. The van der Waals surface area contributed by atoms with Crippen LogP contribution in [0.15, 0.2) is 79.0 Å². The Kier molecular flexibility index (Phi) is 14.5. The lowest BCUT2D eigenvalue weighted by Crippen LogP contribution is -2.35. The van der Waals surface area contributed by atoms with Gasteiger partial charge in [0, 0.05) is 35.4 Å². The smallest absolute Gasteiger partial charge is 0.127 e. The minimum absolute atomic E-state index is 0. The van der Waals surface area contributed by atoms with Crippen molar-refractivity contribution in [1.29, 1.82) is 0 Å². The summed E-state index contributed by atoms with van der Waals surface area (Å²) in [4.78, 5) is 7.17. The van der Waals surface area contributed by atoms with E-state index in [-0.39, 0.29) is 31.4 Å². The molecular formula is C32H40Cl3N3O3. The molecule has 1 heterocycles. The van der Waals surface area contributed by atoms with Gasteiger partial charge in [0.15, 0.2) is 0 Å². The van der Waals surface area contributed by atoms with Crippen LogP contribution in [-0.4, -0.2) is 51.9 Å².